The molecule has 4 rings (SSSR count). The Morgan fingerprint density at radius 1 is 0.767 bits per heavy atom. The van der Waals surface area contributed by atoms with Gasteiger partial charge >= 0.3 is 23.9 Å². The summed E-state index contributed by atoms with van der Waals surface area (Å²) in [6.45, 7) is 1.91. The number of benzene rings is 2. The number of carbonyl (C=O) groups is 4. The van der Waals surface area contributed by atoms with Crippen LogP contribution in [0, 0.1) is 5.82 Å². The Labute approximate surface area is 241 Å². The molecule has 1 aliphatic heterocycles. The van der Waals surface area contributed by atoms with Crippen LogP contribution < -0.4 is 10.1 Å². The molecule has 0 radical (unpaired) electrons. The van der Waals surface area contributed by atoms with E-state index >= 15 is 0 Å². The molecule has 0 aliphatic carbocycles. The number of nitrogens with one attached hydrogen (secondary N) is 1. The number of carboxylic acids is 4. The maximum atomic E-state index is 14.2. The minimum absolute atomic E-state index is 0.156. The number of nitrogens with zero attached hydrogens (tertiary/aromatic N) is 2. The number of ether oxygens (including phenoxy) is 1. The van der Waals surface area contributed by atoms with Gasteiger partial charge in [0.1, 0.15) is 17.6 Å². The van der Waals surface area contributed by atoms with Gasteiger partial charge in [0.25, 0.3) is 0 Å². The summed E-state index contributed by atoms with van der Waals surface area (Å²) >= 11 is 0. The van der Waals surface area contributed by atoms with Crippen molar-refractivity contribution in [1.82, 2.24) is 15.1 Å². The largest absolute Gasteiger partial charge is 0.479 e. The summed E-state index contributed by atoms with van der Waals surface area (Å²) in [6.07, 6.45) is -6.99. The van der Waals surface area contributed by atoms with E-state index in [-0.39, 0.29) is 11.9 Å². The van der Waals surface area contributed by atoms with Gasteiger partial charge in [-0.15, -0.1) is 5.10 Å². The van der Waals surface area contributed by atoms with Crippen LogP contribution >= 0.6 is 0 Å². The molecule has 2 heterocycles. The first-order valence-electron chi connectivity index (χ1n) is 12.5. The smallest absolute Gasteiger partial charge is 0.335 e. The van der Waals surface area contributed by atoms with Crippen molar-refractivity contribution in [1.29, 1.82) is 0 Å². The summed E-state index contributed by atoms with van der Waals surface area (Å²) in [5, 5.41) is 73.8. The molecule has 43 heavy (non-hydrogen) atoms. The van der Waals surface area contributed by atoms with E-state index in [1.165, 1.54) is 6.07 Å². The summed E-state index contributed by atoms with van der Waals surface area (Å²) < 4.78 is 21.9. The Balaban J connectivity index is 0.000000271. The normalized spacial score (nSPS) is 15.8. The molecule has 1 aromatic heterocycles. The first-order chi connectivity index (χ1) is 20.3. The molecule has 1 saturated heterocycles. The van der Waals surface area contributed by atoms with Crippen LogP contribution in [0.1, 0.15) is 12.8 Å². The van der Waals surface area contributed by atoms with Crippen molar-refractivity contribution in [2.75, 3.05) is 13.1 Å². The summed E-state index contributed by atoms with van der Waals surface area (Å²) in [5.41, 5.74) is 1.28. The highest BCUT2D eigenvalue weighted by Crippen LogP contribution is 2.29. The van der Waals surface area contributed by atoms with Crippen LogP contribution in [0.25, 0.3) is 16.6 Å². The van der Waals surface area contributed by atoms with Gasteiger partial charge in [0, 0.05) is 0 Å². The van der Waals surface area contributed by atoms with E-state index < -0.39 is 48.3 Å². The van der Waals surface area contributed by atoms with Crippen molar-refractivity contribution in [2.45, 2.75) is 43.4 Å². The predicted molar refractivity (Wildman–Crippen MR) is 142 cm³/mol. The van der Waals surface area contributed by atoms with Crippen LogP contribution in [0.15, 0.2) is 48.5 Å². The highest BCUT2D eigenvalue weighted by molar-refractivity contribution is 5.86. The molecule has 234 valence electrons. The lowest BCUT2D eigenvalue weighted by Gasteiger charge is -2.22. The summed E-state index contributed by atoms with van der Waals surface area (Å²) in [7, 11) is 0. The van der Waals surface area contributed by atoms with Gasteiger partial charge in [-0.2, -0.15) is 0 Å². The van der Waals surface area contributed by atoms with E-state index in [1.807, 2.05) is 30.3 Å². The Hall–Kier alpha value is -4.68. The maximum absolute atomic E-state index is 14.2. The topological polar surface area (TPSA) is 269 Å². The molecule has 4 atom stereocenters. The molecule has 2 aromatic carbocycles. The van der Waals surface area contributed by atoms with Gasteiger partial charge in [-0.05, 0) is 50.2 Å². The summed E-state index contributed by atoms with van der Waals surface area (Å²) in [4.78, 5) is 39.1. The van der Waals surface area contributed by atoms with Gasteiger partial charge in [0.15, 0.2) is 24.4 Å². The zero-order chi connectivity index (χ0) is 32.3. The Kier molecular flexibility index (Phi) is 12.9. The minimum atomic E-state index is -2.27. The van der Waals surface area contributed by atoms with Crippen molar-refractivity contribution in [3.63, 3.8) is 0 Å². The number of halogens is 1. The van der Waals surface area contributed by atoms with Crippen LogP contribution in [-0.2, 0) is 19.2 Å². The molecule has 0 amide bonds. The SMILES string of the molecule is Fc1ccccc1-n1nc(OC2CCNCC2)c2ccccc21.O=C(O)[C@H](O)[C@@H](O)C(=O)O.O=C(O)[C@H](O)[C@@H](O)C(=O)O. The third kappa shape index (κ3) is 9.69. The highest BCUT2D eigenvalue weighted by atomic mass is 19.1. The molecule has 0 bridgehead atoms. The second kappa shape index (κ2) is 16.1. The first kappa shape index (κ1) is 34.5. The number of aromatic nitrogens is 2. The number of aliphatic hydroxyl groups is 4. The number of para-hydroxylation sites is 2. The molecule has 3 aromatic rings. The number of hydrogen-bond donors (Lipinski definition) is 9. The zero-order valence-corrected chi connectivity index (χ0v) is 22.2. The van der Waals surface area contributed by atoms with Gasteiger partial charge < -0.3 is 50.9 Å². The Bertz CT molecular complexity index is 1340. The van der Waals surface area contributed by atoms with Crippen LogP contribution in [0.2, 0.25) is 0 Å². The number of fused-ring (bicyclic) bond motifs is 1. The monoisotopic (exact) mass is 611 g/mol. The zero-order valence-electron chi connectivity index (χ0n) is 22.2. The van der Waals surface area contributed by atoms with E-state index in [0.717, 1.165) is 36.8 Å². The molecule has 0 unspecified atom stereocenters. The number of piperidine rings is 1. The molecular formula is C26H30FN3O13. The van der Waals surface area contributed by atoms with Crippen LogP contribution in [-0.4, -0.2) is 118 Å². The lowest BCUT2D eigenvalue weighted by atomic mass is 10.1. The Morgan fingerprint density at radius 3 is 1.67 bits per heavy atom. The standard InChI is InChI=1S/C18H18FN3O.2C4H6O6/c19-15-6-2-4-8-17(15)22-16-7-3-1-5-14(16)18(21-22)23-13-9-11-20-12-10-13;2*5-1(3(7)8)2(6)4(9)10/h1-8,13,20H,9-12H2;2*1-2,5-6H,(H,7,8)(H,9,10)/t;2*1-,2-/m.11/s1. The van der Waals surface area contributed by atoms with E-state index in [1.54, 1.807) is 16.8 Å². The van der Waals surface area contributed by atoms with Crippen molar-refractivity contribution in [3.05, 3.63) is 54.3 Å². The van der Waals surface area contributed by atoms with E-state index in [0.29, 0.717) is 11.6 Å². The molecular weight excluding hydrogens is 581 g/mol. The molecule has 17 heteroatoms. The number of carboxylic acid groups (broad SMARTS) is 4. The third-order valence-corrected chi connectivity index (χ3v) is 5.81. The van der Waals surface area contributed by atoms with Crippen molar-refractivity contribution < 1.29 is 69.2 Å². The predicted octanol–water partition coefficient (Wildman–Crippen LogP) is -0.950. The van der Waals surface area contributed by atoms with Crippen LogP contribution in [0.5, 0.6) is 5.88 Å². The van der Waals surface area contributed by atoms with E-state index in [2.05, 4.69) is 10.4 Å². The molecule has 1 fully saturated rings. The molecule has 0 spiro atoms. The second-order valence-corrected chi connectivity index (χ2v) is 8.89. The van der Waals surface area contributed by atoms with E-state index in [9.17, 15) is 23.6 Å². The van der Waals surface area contributed by atoms with Gasteiger partial charge in [-0.25, -0.2) is 28.3 Å². The lowest BCUT2D eigenvalue weighted by molar-refractivity contribution is -0.165. The fourth-order valence-electron chi connectivity index (χ4n) is 3.54. The van der Waals surface area contributed by atoms with Gasteiger partial charge in [0.05, 0.1) is 10.9 Å². The fraction of sp³-hybridized carbons (Fsp3) is 0.346. The van der Waals surface area contributed by atoms with Gasteiger partial charge in [0.2, 0.25) is 5.88 Å². The van der Waals surface area contributed by atoms with E-state index in [4.69, 9.17) is 45.6 Å². The number of aliphatic carboxylic acids is 4. The number of aliphatic hydroxyl groups excluding tert-OH is 4. The minimum Gasteiger partial charge on any atom is -0.479 e. The third-order valence-electron chi connectivity index (χ3n) is 5.81. The molecule has 0 saturated carbocycles. The maximum Gasteiger partial charge on any atom is 0.335 e. The lowest BCUT2D eigenvalue weighted by Crippen LogP contribution is -2.39. The van der Waals surface area contributed by atoms with Crippen LogP contribution in [0.3, 0.4) is 0 Å². The van der Waals surface area contributed by atoms with Crippen molar-refractivity contribution >= 4 is 34.8 Å². The number of hydrogen-bond acceptors (Lipinski definition) is 11. The van der Waals surface area contributed by atoms with Gasteiger partial charge in [-0.3, -0.25) is 0 Å². The Morgan fingerprint density at radius 2 is 1.21 bits per heavy atom. The number of rotatable bonds is 9. The van der Waals surface area contributed by atoms with Gasteiger partial charge in [-0.1, -0.05) is 24.3 Å². The summed E-state index contributed by atoms with van der Waals surface area (Å²) in [6, 6.07) is 14.4. The molecule has 16 nitrogen and oxygen atoms in total. The van der Waals surface area contributed by atoms with Crippen LogP contribution in [0.4, 0.5) is 4.39 Å². The fourth-order valence-corrected chi connectivity index (χ4v) is 3.54. The van der Waals surface area contributed by atoms with Crippen molar-refractivity contribution in [2.24, 2.45) is 0 Å². The highest BCUT2D eigenvalue weighted by Gasteiger charge is 2.30. The second-order valence-electron chi connectivity index (χ2n) is 8.89. The first-order valence-corrected chi connectivity index (χ1v) is 12.5. The summed E-state index contributed by atoms with van der Waals surface area (Å²) in [5.74, 6) is -6.79. The van der Waals surface area contributed by atoms with Crippen molar-refractivity contribution in [3.8, 4) is 11.6 Å². The average molecular weight is 612 g/mol. The molecule has 1 aliphatic rings. The average Bonchev–Trinajstić information content (AvgIpc) is 3.34. The quantitative estimate of drug-likeness (QED) is 0.141. The molecule has 9 N–H and O–H groups in total.